The monoisotopic (exact) mass is 378 g/mol. The van der Waals surface area contributed by atoms with Crippen LogP contribution >= 0.6 is 11.8 Å². The number of hydrogen-bond acceptors (Lipinski definition) is 4. The smallest absolute Gasteiger partial charge is 0.278 e. The van der Waals surface area contributed by atoms with Crippen LogP contribution in [0.5, 0.6) is 0 Å². The lowest BCUT2D eigenvalue weighted by Crippen LogP contribution is -2.23. The van der Waals surface area contributed by atoms with Crippen molar-refractivity contribution in [3.63, 3.8) is 0 Å². The molecule has 1 aromatic carbocycles. The highest BCUT2D eigenvalue weighted by Gasteiger charge is 2.16. The lowest BCUT2D eigenvalue weighted by molar-refractivity contribution is -0.113. The number of carbonyl (C=O) groups excluding carboxylic acids is 1. The van der Waals surface area contributed by atoms with Crippen LogP contribution in [0.3, 0.4) is 0 Å². The van der Waals surface area contributed by atoms with Crippen molar-refractivity contribution in [3.8, 4) is 0 Å². The van der Waals surface area contributed by atoms with E-state index in [4.69, 9.17) is 0 Å². The van der Waals surface area contributed by atoms with Gasteiger partial charge in [-0.3, -0.25) is 14.2 Å². The number of fused-ring (bicyclic) bond motifs is 1. The molecule has 26 heavy (non-hydrogen) atoms. The number of hydrogen-bond donors (Lipinski definition) is 2. The Kier molecular flexibility index (Phi) is 5.08. The summed E-state index contributed by atoms with van der Waals surface area (Å²) < 4.78 is 28.6. The maximum absolute atomic E-state index is 13.6. The van der Waals surface area contributed by atoms with Crippen molar-refractivity contribution >= 4 is 34.4 Å². The number of nitrogens with zero attached hydrogens (tertiary/aromatic N) is 2. The molecule has 9 heteroatoms. The van der Waals surface area contributed by atoms with Gasteiger partial charge in [0, 0.05) is 12.2 Å². The van der Waals surface area contributed by atoms with Gasteiger partial charge in [0.2, 0.25) is 5.91 Å². The van der Waals surface area contributed by atoms with E-state index >= 15 is 0 Å². The first kappa shape index (κ1) is 18.1. The summed E-state index contributed by atoms with van der Waals surface area (Å²) in [5.74, 6) is -2.44. The van der Waals surface area contributed by atoms with Crippen LogP contribution in [0.4, 0.5) is 14.5 Å². The minimum absolute atomic E-state index is 0.144. The van der Waals surface area contributed by atoms with Crippen molar-refractivity contribution in [1.82, 2.24) is 14.5 Å². The van der Waals surface area contributed by atoms with E-state index in [1.807, 2.05) is 6.92 Å². The van der Waals surface area contributed by atoms with E-state index in [1.54, 1.807) is 13.0 Å². The molecule has 1 amide bonds. The average molecular weight is 378 g/mol. The predicted molar refractivity (Wildman–Crippen MR) is 96.5 cm³/mol. The molecule has 0 fully saturated rings. The fourth-order valence-electron chi connectivity index (χ4n) is 2.52. The molecule has 3 aromatic rings. The lowest BCUT2D eigenvalue weighted by atomic mass is 10.3. The van der Waals surface area contributed by atoms with Crippen LogP contribution in [0.2, 0.25) is 0 Å². The molecule has 0 unspecified atom stereocenters. The number of aromatic nitrogens is 3. The molecular formula is C17H16F2N4O2S. The van der Waals surface area contributed by atoms with E-state index in [9.17, 15) is 18.4 Å². The number of aryl methyl sites for hydroxylation is 1. The zero-order valence-corrected chi connectivity index (χ0v) is 14.9. The first-order chi connectivity index (χ1) is 12.4. The molecule has 0 bridgehead atoms. The number of anilines is 1. The minimum atomic E-state index is -0.851. The number of amides is 1. The summed E-state index contributed by atoms with van der Waals surface area (Å²) in [6, 6.07) is 5.08. The molecule has 136 valence electrons. The number of aromatic amines is 1. The third-order valence-corrected chi connectivity index (χ3v) is 4.69. The number of para-hydroxylation sites is 1. The molecule has 0 saturated heterocycles. The minimum Gasteiger partial charge on any atom is -0.353 e. The van der Waals surface area contributed by atoms with E-state index in [1.165, 1.54) is 10.6 Å². The number of H-pyrrole nitrogens is 1. The van der Waals surface area contributed by atoms with Gasteiger partial charge in [-0.2, -0.15) is 0 Å². The van der Waals surface area contributed by atoms with Gasteiger partial charge in [0.25, 0.3) is 5.56 Å². The molecule has 0 aliphatic carbocycles. The Balaban J connectivity index is 1.81. The molecule has 2 heterocycles. The highest BCUT2D eigenvalue weighted by molar-refractivity contribution is 7.99. The Hall–Kier alpha value is -2.68. The van der Waals surface area contributed by atoms with Gasteiger partial charge in [-0.05, 0) is 32.0 Å². The van der Waals surface area contributed by atoms with Crippen LogP contribution < -0.4 is 10.9 Å². The first-order valence-corrected chi connectivity index (χ1v) is 8.86. The van der Waals surface area contributed by atoms with Crippen molar-refractivity contribution in [1.29, 1.82) is 0 Å². The SMILES string of the molecule is CCn1c(SCC(=O)Nc2c(F)cccc2F)nc2cc(C)[nH]c2c1=O. The number of carbonyl (C=O) groups is 1. The van der Waals surface area contributed by atoms with Gasteiger partial charge in [-0.25, -0.2) is 13.8 Å². The second kappa shape index (κ2) is 7.28. The summed E-state index contributed by atoms with van der Waals surface area (Å²) in [5, 5.41) is 2.58. The average Bonchev–Trinajstić information content (AvgIpc) is 2.97. The maximum atomic E-state index is 13.6. The Labute approximate surface area is 151 Å². The second-order valence-corrected chi connectivity index (χ2v) is 6.53. The summed E-state index contributed by atoms with van der Waals surface area (Å²) >= 11 is 1.03. The summed E-state index contributed by atoms with van der Waals surface area (Å²) in [5.41, 5.74) is 1.01. The number of halogens is 2. The van der Waals surface area contributed by atoms with Crippen LogP contribution in [0.15, 0.2) is 34.2 Å². The summed E-state index contributed by atoms with van der Waals surface area (Å²) in [6.07, 6.45) is 0. The van der Waals surface area contributed by atoms with Gasteiger partial charge >= 0.3 is 0 Å². The summed E-state index contributed by atoms with van der Waals surface area (Å²) in [7, 11) is 0. The molecule has 0 spiro atoms. The van der Waals surface area contributed by atoms with E-state index in [2.05, 4.69) is 15.3 Å². The van der Waals surface area contributed by atoms with Crippen LogP contribution in [0, 0.1) is 18.6 Å². The number of nitrogens with one attached hydrogen (secondary N) is 2. The molecule has 0 saturated carbocycles. The Morgan fingerprint density at radius 1 is 1.35 bits per heavy atom. The Bertz CT molecular complexity index is 1020. The molecule has 3 rings (SSSR count). The van der Waals surface area contributed by atoms with E-state index in [0.29, 0.717) is 22.7 Å². The van der Waals surface area contributed by atoms with E-state index < -0.39 is 23.2 Å². The molecule has 2 N–H and O–H groups in total. The van der Waals surface area contributed by atoms with Crippen LogP contribution in [0.25, 0.3) is 11.0 Å². The van der Waals surface area contributed by atoms with E-state index in [-0.39, 0.29) is 11.3 Å². The second-order valence-electron chi connectivity index (χ2n) is 5.59. The predicted octanol–water partition coefficient (Wildman–Crippen LogP) is 3.06. The molecule has 0 atom stereocenters. The quantitative estimate of drug-likeness (QED) is 0.528. The largest absolute Gasteiger partial charge is 0.353 e. The van der Waals surface area contributed by atoms with Crippen LogP contribution in [-0.2, 0) is 11.3 Å². The third kappa shape index (κ3) is 3.48. The number of benzene rings is 1. The number of thioether (sulfide) groups is 1. The van der Waals surface area contributed by atoms with Crippen LogP contribution in [0.1, 0.15) is 12.6 Å². The first-order valence-electron chi connectivity index (χ1n) is 7.87. The van der Waals surface area contributed by atoms with Gasteiger partial charge in [-0.1, -0.05) is 17.8 Å². The van der Waals surface area contributed by atoms with Crippen molar-refractivity contribution in [2.24, 2.45) is 0 Å². The fourth-order valence-corrected chi connectivity index (χ4v) is 3.39. The molecule has 2 aromatic heterocycles. The topological polar surface area (TPSA) is 79.8 Å². The molecular weight excluding hydrogens is 362 g/mol. The fraction of sp³-hybridized carbons (Fsp3) is 0.235. The van der Waals surface area contributed by atoms with Crippen molar-refractivity contribution in [3.05, 3.63) is 51.9 Å². The molecule has 0 aliphatic rings. The highest BCUT2D eigenvalue weighted by atomic mass is 32.2. The summed E-state index contributed by atoms with van der Waals surface area (Å²) in [4.78, 5) is 31.9. The van der Waals surface area contributed by atoms with Crippen molar-refractivity contribution < 1.29 is 13.6 Å². The number of rotatable bonds is 5. The molecule has 0 aliphatic heterocycles. The zero-order valence-electron chi connectivity index (χ0n) is 14.1. The maximum Gasteiger partial charge on any atom is 0.278 e. The van der Waals surface area contributed by atoms with E-state index in [0.717, 1.165) is 29.6 Å². The van der Waals surface area contributed by atoms with Crippen molar-refractivity contribution in [2.75, 3.05) is 11.1 Å². The van der Waals surface area contributed by atoms with Gasteiger partial charge < -0.3 is 10.3 Å². The van der Waals surface area contributed by atoms with Crippen LogP contribution in [-0.4, -0.2) is 26.2 Å². The Morgan fingerprint density at radius 3 is 2.69 bits per heavy atom. The zero-order chi connectivity index (χ0) is 18.8. The normalized spacial score (nSPS) is 11.1. The standard InChI is InChI=1S/C17H16F2N4O2S/c1-3-23-16(25)15-12(7-9(2)20-15)21-17(23)26-8-13(24)22-14-10(18)5-4-6-11(14)19/h4-7,20H,3,8H2,1-2H3,(H,22,24). The highest BCUT2D eigenvalue weighted by Crippen LogP contribution is 2.21. The van der Waals surface area contributed by atoms with Crippen molar-refractivity contribution in [2.45, 2.75) is 25.5 Å². The lowest BCUT2D eigenvalue weighted by Gasteiger charge is -2.10. The van der Waals surface area contributed by atoms with Gasteiger partial charge in [0.1, 0.15) is 22.8 Å². The molecule has 6 nitrogen and oxygen atoms in total. The van der Waals surface area contributed by atoms with Gasteiger partial charge in [0.05, 0.1) is 11.3 Å². The summed E-state index contributed by atoms with van der Waals surface area (Å²) in [6.45, 7) is 4.00. The van der Waals surface area contributed by atoms with Gasteiger partial charge in [0.15, 0.2) is 5.16 Å². The van der Waals surface area contributed by atoms with Gasteiger partial charge in [-0.15, -0.1) is 0 Å². The third-order valence-electron chi connectivity index (χ3n) is 3.71. The Morgan fingerprint density at radius 2 is 2.04 bits per heavy atom. The molecule has 0 radical (unpaired) electrons.